The number of hydrogen-bond donors (Lipinski definition) is 1. The van der Waals surface area contributed by atoms with E-state index in [9.17, 15) is 5.11 Å². The SMILES string of the molecule is CC(C)[Si](OC[C@@H]1C=C[C@@H](O)C1)(C(C)C)C(C)C. The maximum Gasteiger partial charge on any atom is 0.200 e. The van der Waals surface area contributed by atoms with Gasteiger partial charge in [-0.1, -0.05) is 53.7 Å². The molecule has 1 N–H and O–H groups in total. The molecule has 2 nitrogen and oxygen atoms in total. The Morgan fingerprint density at radius 3 is 1.89 bits per heavy atom. The summed E-state index contributed by atoms with van der Waals surface area (Å²) in [6.45, 7) is 14.7. The van der Waals surface area contributed by atoms with Gasteiger partial charge in [0, 0.05) is 12.5 Å². The van der Waals surface area contributed by atoms with Gasteiger partial charge in [0.1, 0.15) is 0 Å². The molecule has 106 valence electrons. The molecule has 0 saturated carbocycles. The lowest BCUT2D eigenvalue weighted by Crippen LogP contribution is -2.48. The van der Waals surface area contributed by atoms with Crippen LogP contribution in [0.3, 0.4) is 0 Å². The van der Waals surface area contributed by atoms with Gasteiger partial charge in [-0.2, -0.15) is 0 Å². The van der Waals surface area contributed by atoms with Gasteiger partial charge in [0.2, 0.25) is 0 Å². The molecule has 0 aromatic carbocycles. The second-order valence-corrected chi connectivity index (χ2v) is 12.0. The smallest absolute Gasteiger partial charge is 0.200 e. The number of aliphatic hydroxyl groups excluding tert-OH is 1. The first kappa shape index (κ1) is 15.9. The van der Waals surface area contributed by atoms with E-state index in [4.69, 9.17) is 4.43 Å². The minimum Gasteiger partial charge on any atom is -0.415 e. The van der Waals surface area contributed by atoms with Gasteiger partial charge >= 0.3 is 0 Å². The Balaban J connectivity index is 2.70. The van der Waals surface area contributed by atoms with Gasteiger partial charge in [-0.15, -0.1) is 0 Å². The van der Waals surface area contributed by atoms with Crippen LogP contribution in [0.5, 0.6) is 0 Å². The van der Waals surface area contributed by atoms with Crippen molar-refractivity contribution in [1.82, 2.24) is 0 Å². The van der Waals surface area contributed by atoms with Gasteiger partial charge in [0.15, 0.2) is 8.32 Å². The molecule has 1 aliphatic carbocycles. The third kappa shape index (κ3) is 3.25. The van der Waals surface area contributed by atoms with E-state index in [2.05, 4.69) is 47.6 Å². The summed E-state index contributed by atoms with van der Waals surface area (Å²) < 4.78 is 6.52. The summed E-state index contributed by atoms with van der Waals surface area (Å²) in [4.78, 5) is 0. The molecule has 1 rings (SSSR count). The van der Waals surface area contributed by atoms with E-state index >= 15 is 0 Å². The first-order chi connectivity index (χ1) is 8.30. The standard InChI is InChI=1S/C15H30O2Si/c1-11(2)18(12(3)4,13(5)6)17-10-14-7-8-15(16)9-14/h7-8,11-16H,9-10H2,1-6H3/t14-,15-/m1/s1. The predicted molar refractivity (Wildman–Crippen MR) is 80.3 cm³/mol. The molecule has 0 bridgehead atoms. The zero-order valence-corrected chi connectivity index (χ0v) is 13.8. The number of hydrogen-bond acceptors (Lipinski definition) is 2. The molecule has 1 aliphatic rings. The molecular formula is C15H30O2Si. The summed E-state index contributed by atoms with van der Waals surface area (Å²) in [5.74, 6) is 0.406. The number of aliphatic hydroxyl groups is 1. The molecular weight excluding hydrogens is 240 g/mol. The van der Waals surface area contributed by atoms with Gasteiger partial charge in [0.05, 0.1) is 6.10 Å². The highest BCUT2D eigenvalue weighted by molar-refractivity contribution is 6.77. The first-order valence-electron chi connectivity index (χ1n) is 7.31. The quantitative estimate of drug-likeness (QED) is 0.581. The molecule has 0 aromatic heterocycles. The molecule has 0 spiro atoms. The van der Waals surface area contributed by atoms with Crippen LogP contribution in [-0.2, 0) is 4.43 Å². The van der Waals surface area contributed by atoms with Crippen LogP contribution < -0.4 is 0 Å². The van der Waals surface area contributed by atoms with Crippen LogP contribution in [0, 0.1) is 5.92 Å². The molecule has 2 atom stereocenters. The fourth-order valence-electron chi connectivity index (χ4n) is 3.63. The van der Waals surface area contributed by atoms with Crippen molar-refractivity contribution in [2.45, 2.75) is 70.7 Å². The van der Waals surface area contributed by atoms with Crippen molar-refractivity contribution in [1.29, 1.82) is 0 Å². The van der Waals surface area contributed by atoms with Crippen molar-refractivity contribution < 1.29 is 9.53 Å². The second-order valence-electron chi connectivity index (χ2n) is 6.58. The highest BCUT2D eigenvalue weighted by Crippen LogP contribution is 2.42. The normalized spacial score (nSPS) is 24.8. The fraction of sp³-hybridized carbons (Fsp3) is 0.867. The zero-order valence-electron chi connectivity index (χ0n) is 12.8. The summed E-state index contributed by atoms with van der Waals surface area (Å²) in [6, 6.07) is 0. The lowest BCUT2D eigenvalue weighted by Gasteiger charge is -2.42. The second kappa shape index (κ2) is 6.35. The summed E-state index contributed by atoms with van der Waals surface area (Å²) in [7, 11) is -1.73. The van der Waals surface area contributed by atoms with Crippen molar-refractivity contribution in [3.63, 3.8) is 0 Å². The lowest BCUT2D eigenvalue weighted by molar-refractivity contribution is 0.180. The van der Waals surface area contributed by atoms with Crippen LogP contribution in [0.1, 0.15) is 48.0 Å². The molecule has 18 heavy (non-hydrogen) atoms. The Morgan fingerprint density at radius 2 is 1.56 bits per heavy atom. The summed E-state index contributed by atoms with van der Waals surface area (Å²) in [5.41, 5.74) is 1.90. The molecule has 0 aliphatic heterocycles. The first-order valence-corrected chi connectivity index (χ1v) is 9.45. The molecule has 0 unspecified atom stereocenters. The van der Waals surface area contributed by atoms with Gasteiger partial charge in [0.25, 0.3) is 0 Å². The average Bonchev–Trinajstić information content (AvgIpc) is 2.63. The third-order valence-electron chi connectivity index (χ3n) is 4.40. The summed E-state index contributed by atoms with van der Waals surface area (Å²) in [5, 5.41) is 9.53. The zero-order chi connectivity index (χ0) is 13.9. The van der Waals surface area contributed by atoms with Crippen LogP contribution in [-0.4, -0.2) is 26.1 Å². The van der Waals surface area contributed by atoms with E-state index < -0.39 is 8.32 Å². The molecule has 0 heterocycles. The van der Waals surface area contributed by atoms with E-state index in [0.29, 0.717) is 22.5 Å². The van der Waals surface area contributed by atoms with E-state index in [-0.39, 0.29) is 6.10 Å². The van der Waals surface area contributed by atoms with E-state index in [1.165, 1.54) is 0 Å². The molecule has 0 fully saturated rings. The van der Waals surface area contributed by atoms with Crippen molar-refractivity contribution in [2.24, 2.45) is 5.92 Å². The van der Waals surface area contributed by atoms with Gasteiger partial charge in [-0.25, -0.2) is 0 Å². The van der Waals surface area contributed by atoms with Crippen LogP contribution >= 0.6 is 0 Å². The topological polar surface area (TPSA) is 29.5 Å². The fourth-order valence-corrected chi connectivity index (χ4v) is 9.13. The third-order valence-corrected chi connectivity index (χ3v) is 10.5. The maximum absolute atomic E-state index is 9.53. The largest absolute Gasteiger partial charge is 0.415 e. The Labute approximate surface area is 114 Å². The van der Waals surface area contributed by atoms with Crippen molar-refractivity contribution in [3.8, 4) is 0 Å². The van der Waals surface area contributed by atoms with Crippen molar-refractivity contribution >= 4 is 8.32 Å². The predicted octanol–water partition coefficient (Wildman–Crippen LogP) is 4.12. The highest BCUT2D eigenvalue weighted by Gasteiger charge is 2.45. The van der Waals surface area contributed by atoms with E-state index in [0.717, 1.165) is 13.0 Å². The highest BCUT2D eigenvalue weighted by atomic mass is 28.4. The molecule has 3 heteroatoms. The van der Waals surface area contributed by atoms with Crippen molar-refractivity contribution in [3.05, 3.63) is 12.2 Å². The minimum atomic E-state index is -1.73. The summed E-state index contributed by atoms with van der Waals surface area (Å²) in [6.07, 6.45) is 4.59. The Morgan fingerprint density at radius 1 is 1.06 bits per heavy atom. The minimum absolute atomic E-state index is 0.258. The molecule has 0 amide bonds. The summed E-state index contributed by atoms with van der Waals surface area (Å²) >= 11 is 0. The van der Waals surface area contributed by atoms with E-state index in [1.807, 2.05) is 6.08 Å². The Bertz CT molecular complexity index is 262. The monoisotopic (exact) mass is 270 g/mol. The maximum atomic E-state index is 9.53. The molecule has 0 radical (unpaired) electrons. The Hall–Kier alpha value is -0.123. The van der Waals surface area contributed by atoms with Gasteiger partial charge in [-0.05, 0) is 23.0 Å². The van der Waals surface area contributed by atoms with Crippen LogP contribution in [0.25, 0.3) is 0 Å². The number of rotatable bonds is 6. The molecule has 0 saturated heterocycles. The Kier molecular flexibility index (Phi) is 5.62. The van der Waals surface area contributed by atoms with Gasteiger partial charge in [-0.3, -0.25) is 0 Å². The van der Waals surface area contributed by atoms with Crippen LogP contribution in [0.4, 0.5) is 0 Å². The van der Waals surface area contributed by atoms with Crippen LogP contribution in [0.15, 0.2) is 12.2 Å². The van der Waals surface area contributed by atoms with Crippen molar-refractivity contribution in [2.75, 3.05) is 6.61 Å². The molecule has 0 aromatic rings. The lowest BCUT2D eigenvalue weighted by atomic mass is 10.1. The average molecular weight is 270 g/mol. The van der Waals surface area contributed by atoms with E-state index in [1.54, 1.807) is 0 Å². The van der Waals surface area contributed by atoms with Crippen LogP contribution in [0.2, 0.25) is 16.6 Å². The van der Waals surface area contributed by atoms with Gasteiger partial charge < -0.3 is 9.53 Å².